The van der Waals surface area contributed by atoms with Gasteiger partial charge in [0, 0.05) is 17.3 Å². The van der Waals surface area contributed by atoms with Gasteiger partial charge >= 0.3 is 0 Å². The van der Waals surface area contributed by atoms with Crippen LogP contribution in [0.3, 0.4) is 0 Å². The maximum Gasteiger partial charge on any atom is 0.174 e. The van der Waals surface area contributed by atoms with E-state index in [1.165, 1.54) is 0 Å². The zero-order valence-electron chi connectivity index (χ0n) is 12.9. The summed E-state index contributed by atoms with van der Waals surface area (Å²) in [5.41, 5.74) is 3.27. The first-order valence-electron chi connectivity index (χ1n) is 7.04. The van der Waals surface area contributed by atoms with Gasteiger partial charge in [-0.25, -0.2) is 0 Å². The Morgan fingerprint density at radius 3 is 2.68 bits per heavy atom. The van der Waals surface area contributed by atoms with E-state index in [0.29, 0.717) is 18.9 Å². The van der Waals surface area contributed by atoms with E-state index < -0.39 is 0 Å². The van der Waals surface area contributed by atoms with Crippen molar-refractivity contribution in [3.05, 3.63) is 51.0 Å². The maximum atomic E-state index is 6.05. The minimum Gasteiger partial charge on any atom is -0.492 e. The molecule has 0 spiro atoms. The average molecular weight is 385 g/mol. The van der Waals surface area contributed by atoms with Crippen molar-refractivity contribution in [2.45, 2.75) is 20.4 Å². The molecule has 0 radical (unpaired) electrons. The van der Waals surface area contributed by atoms with Crippen molar-refractivity contribution in [3.63, 3.8) is 0 Å². The zero-order valence-corrected chi connectivity index (χ0v) is 15.2. The van der Waals surface area contributed by atoms with Crippen molar-refractivity contribution in [1.29, 1.82) is 0 Å². The summed E-state index contributed by atoms with van der Waals surface area (Å²) in [6.45, 7) is 5.26. The molecule has 3 nitrogen and oxygen atoms in total. The molecular weight excluding hydrogens is 366 g/mol. The Balaban J connectivity index is 2.21. The van der Waals surface area contributed by atoms with E-state index in [-0.39, 0.29) is 0 Å². The van der Waals surface area contributed by atoms with Crippen LogP contribution < -0.4 is 14.8 Å². The van der Waals surface area contributed by atoms with Crippen LogP contribution in [0.1, 0.15) is 18.1 Å². The molecule has 0 saturated carbocycles. The molecule has 0 saturated heterocycles. The molecular formula is C17H19BrClNO2. The van der Waals surface area contributed by atoms with E-state index >= 15 is 0 Å². The normalized spacial score (nSPS) is 10.4. The Bertz CT molecular complexity index is 661. The van der Waals surface area contributed by atoms with Gasteiger partial charge in [0.05, 0.1) is 18.2 Å². The highest BCUT2D eigenvalue weighted by Gasteiger charge is 2.11. The number of anilines is 1. The first-order chi connectivity index (χ1) is 10.5. The quantitative estimate of drug-likeness (QED) is 0.720. The number of aryl methyl sites for hydroxylation is 1. The topological polar surface area (TPSA) is 30.5 Å². The summed E-state index contributed by atoms with van der Waals surface area (Å²) in [6.07, 6.45) is 0. The third-order valence-electron chi connectivity index (χ3n) is 3.26. The van der Waals surface area contributed by atoms with Crippen LogP contribution in [0.25, 0.3) is 0 Å². The van der Waals surface area contributed by atoms with Gasteiger partial charge in [0.1, 0.15) is 0 Å². The fourth-order valence-electron chi connectivity index (χ4n) is 2.17. The first-order valence-corrected chi connectivity index (χ1v) is 8.21. The fraction of sp³-hybridized carbons (Fsp3) is 0.294. The Labute approximate surface area is 144 Å². The van der Waals surface area contributed by atoms with Crippen molar-refractivity contribution < 1.29 is 9.47 Å². The highest BCUT2D eigenvalue weighted by molar-refractivity contribution is 9.10. The Morgan fingerprint density at radius 1 is 1.23 bits per heavy atom. The molecule has 22 heavy (non-hydrogen) atoms. The van der Waals surface area contributed by atoms with E-state index in [0.717, 1.165) is 32.1 Å². The van der Waals surface area contributed by atoms with Gasteiger partial charge < -0.3 is 14.8 Å². The molecule has 0 unspecified atom stereocenters. The van der Waals surface area contributed by atoms with Gasteiger partial charge in [-0.15, -0.1) is 0 Å². The van der Waals surface area contributed by atoms with Crippen LogP contribution in [0, 0.1) is 6.92 Å². The van der Waals surface area contributed by atoms with E-state index in [4.69, 9.17) is 21.1 Å². The lowest BCUT2D eigenvalue weighted by Crippen LogP contribution is -2.03. The lowest BCUT2D eigenvalue weighted by Gasteiger charge is -2.15. The van der Waals surface area contributed by atoms with Gasteiger partial charge in [-0.05, 0) is 65.2 Å². The SMILES string of the molecule is CCOc1cc(CNc2cc(Cl)ccc2C)cc(Br)c1OC. The van der Waals surface area contributed by atoms with Crippen LogP contribution in [-0.2, 0) is 6.54 Å². The summed E-state index contributed by atoms with van der Waals surface area (Å²) in [6, 6.07) is 9.83. The predicted octanol–water partition coefficient (Wildman–Crippen LogP) is 5.43. The molecule has 0 atom stereocenters. The lowest BCUT2D eigenvalue weighted by molar-refractivity contribution is 0.309. The fourth-order valence-corrected chi connectivity index (χ4v) is 2.99. The monoisotopic (exact) mass is 383 g/mol. The standard InChI is InChI=1S/C17H19BrClNO2/c1-4-22-16-8-12(7-14(18)17(16)21-3)10-20-15-9-13(19)6-5-11(15)2/h5-9,20H,4,10H2,1-3H3. The predicted molar refractivity (Wildman–Crippen MR) is 95.4 cm³/mol. The smallest absolute Gasteiger partial charge is 0.174 e. The summed E-state index contributed by atoms with van der Waals surface area (Å²) < 4.78 is 11.9. The summed E-state index contributed by atoms with van der Waals surface area (Å²) in [7, 11) is 1.63. The van der Waals surface area contributed by atoms with E-state index in [9.17, 15) is 0 Å². The van der Waals surface area contributed by atoms with Crippen LogP contribution in [-0.4, -0.2) is 13.7 Å². The van der Waals surface area contributed by atoms with E-state index in [1.54, 1.807) is 7.11 Å². The number of nitrogens with one attached hydrogen (secondary N) is 1. The van der Waals surface area contributed by atoms with Crippen molar-refractivity contribution >= 4 is 33.2 Å². The Morgan fingerprint density at radius 2 is 2.00 bits per heavy atom. The van der Waals surface area contributed by atoms with Gasteiger partial charge in [-0.2, -0.15) is 0 Å². The molecule has 0 aromatic heterocycles. The maximum absolute atomic E-state index is 6.05. The van der Waals surface area contributed by atoms with Crippen LogP contribution in [0.5, 0.6) is 11.5 Å². The molecule has 5 heteroatoms. The number of hydrogen-bond acceptors (Lipinski definition) is 3. The van der Waals surface area contributed by atoms with Crippen LogP contribution in [0.2, 0.25) is 5.02 Å². The molecule has 0 heterocycles. The molecule has 1 N–H and O–H groups in total. The molecule has 0 aliphatic heterocycles. The van der Waals surface area contributed by atoms with Crippen LogP contribution in [0.4, 0.5) is 5.69 Å². The van der Waals surface area contributed by atoms with Crippen LogP contribution in [0.15, 0.2) is 34.8 Å². The number of ether oxygens (including phenoxy) is 2. The van der Waals surface area contributed by atoms with Crippen molar-refractivity contribution in [2.24, 2.45) is 0 Å². The highest BCUT2D eigenvalue weighted by Crippen LogP contribution is 2.36. The number of rotatable bonds is 6. The van der Waals surface area contributed by atoms with Gasteiger partial charge in [0.25, 0.3) is 0 Å². The van der Waals surface area contributed by atoms with E-state index in [1.807, 2.05) is 44.2 Å². The zero-order chi connectivity index (χ0) is 16.1. The summed E-state index contributed by atoms with van der Waals surface area (Å²) in [5, 5.41) is 4.12. The summed E-state index contributed by atoms with van der Waals surface area (Å²) >= 11 is 9.57. The summed E-state index contributed by atoms with van der Waals surface area (Å²) in [5.74, 6) is 1.45. The molecule has 2 rings (SSSR count). The van der Waals surface area contributed by atoms with Crippen molar-refractivity contribution in [3.8, 4) is 11.5 Å². The third-order valence-corrected chi connectivity index (χ3v) is 4.08. The molecule has 2 aromatic carbocycles. The largest absolute Gasteiger partial charge is 0.492 e. The van der Waals surface area contributed by atoms with E-state index in [2.05, 4.69) is 21.2 Å². The van der Waals surface area contributed by atoms with Crippen LogP contribution >= 0.6 is 27.5 Å². The lowest BCUT2D eigenvalue weighted by atomic mass is 10.1. The molecule has 2 aromatic rings. The molecule has 0 bridgehead atoms. The van der Waals surface area contributed by atoms with Crippen molar-refractivity contribution in [1.82, 2.24) is 0 Å². The highest BCUT2D eigenvalue weighted by atomic mass is 79.9. The molecule has 0 aliphatic rings. The second-order valence-corrected chi connectivity index (χ2v) is 6.15. The molecule has 0 amide bonds. The number of benzene rings is 2. The van der Waals surface area contributed by atoms with Gasteiger partial charge in [-0.3, -0.25) is 0 Å². The second kappa shape index (κ2) is 7.75. The van der Waals surface area contributed by atoms with Crippen molar-refractivity contribution in [2.75, 3.05) is 19.0 Å². The third kappa shape index (κ3) is 4.08. The van der Waals surface area contributed by atoms with Gasteiger partial charge in [-0.1, -0.05) is 17.7 Å². The van der Waals surface area contributed by atoms with Gasteiger partial charge in [0.2, 0.25) is 0 Å². The Hall–Kier alpha value is -1.39. The molecule has 0 fully saturated rings. The number of hydrogen-bond donors (Lipinski definition) is 1. The minimum absolute atomic E-state index is 0.590. The minimum atomic E-state index is 0.590. The molecule has 118 valence electrons. The Kier molecular flexibility index (Phi) is 5.98. The second-order valence-electron chi connectivity index (χ2n) is 4.85. The average Bonchev–Trinajstić information content (AvgIpc) is 2.48. The molecule has 0 aliphatic carbocycles. The number of halogens is 2. The first kappa shape index (κ1) is 17.0. The number of methoxy groups -OCH3 is 1. The summed E-state index contributed by atoms with van der Waals surface area (Å²) in [4.78, 5) is 0. The van der Waals surface area contributed by atoms with Gasteiger partial charge in [0.15, 0.2) is 11.5 Å².